The highest BCUT2D eigenvalue weighted by Crippen LogP contribution is 2.38. The summed E-state index contributed by atoms with van der Waals surface area (Å²) in [4.78, 5) is 0. The monoisotopic (exact) mass is 196 g/mol. The van der Waals surface area contributed by atoms with Crippen molar-refractivity contribution in [3.8, 4) is 0 Å². The molecule has 1 saturated carbocycles. The van der Waals surface area contributed by atoms with E-state index in [0.29, 0.717) is 0 Å². The molecular weight excluding hydrogens is 168 g/mol. The fraction of sp³-hybridized carbons (Fsp3) is 1.00. The lowest BCUT2D eigenvalue weighted by Crippen LogP contribution is -2.24. The summed E-state index contributed by atoms with van der Waals surface area (Å²) in [7, 11) is 0. The Kier molecular flexibility index (Phi) is 4.47. The van der Waals surface area contributed by atoms with Gasteiger partial charge in [0.15, 0.2) is 0 Å². The maximum Gasteiger partial charge on any atom is -0.0388 e. The van der Waals surface area contributed by atoms with Gasteiger partial charge in [-0.15, -0.1) is 0 Å². The van der Waals surface area contributed by atoms with Crippen molar-refractivity contribution in [2.24, 2.45) is 29.6 Å². The minimum Gasteiger partial charge on any atom is -0.0625 e. The van der Waals surface area contributed by atoms with Crippen molar-refractivity contribution in [2.45, 2.75) is 60.3 Å². The maximum atomic E-state index is 2.44. The second-order valence-electron chi connectivity index (χ2n) is 5.97. The van der Waals surface area contributed by atoms with Crippen molar-refractivity contribution >= 4 is 0 Å². The molecule has 1 rings (SSSR count). The minimum atomic E-state index is 0.851. The zero-order valence-corrected chi connectivity index (χ0v) is 10.7. The lowest BCUT2D eigenvalue weighted by Gasteiger charge is -2.35. The van der Waals surface area contributed by atoms with Gasteiger partial charge in [-0.1, -0.05) is 47.5 Å². The highest BCUT2D eigenvalue weighted by Gasteiger charge is 2.27. The van der Waals surface area contributed by atoms with Crippen LogP contribution >= 0.6 is 0 Å². The van der Waals surface area contributed by atoms with Crippen LogP contribution < -0.4 is 0 Å². The van der Waals surface area contributed by atoms with Gasteiger partial charge >= 0.3 is 0 Å². The van der Waals surface area contributed by atoms with Gasteiger partial charge in [-0.2, -0.15) is 0 Å². The standard InChI is InChI=1S/C14H28/c1-10(2)13(5)11(3)6-8-14-9-7-12(14)4/h10-14H,6-9H2,1-5H3. The van der Waals surface area contributed by atoms with Gasteiger partial charge in [0.25, 0.3) is 0 Å². The normalized spacial score (nSPS) is 31.3. The van der Waals surface area contributed by atoms with E-state index < -0.39 is 0 Å². The fourth-order valence-electron chi connectivity index (χ4n) is 2.56. The largest absolute Gasteiger partial charge is 0.0625 e. The molecule has 0 aromatic carbocycles. The van der Waals surface area contributed by atoms with Gasteiger partial charge in [0.1, 0.15) is 0 Å². The molecular formula is C14H28. The number of hydrogen-bond donors (Lipinski definition) is 0. The van der Waals surface area contributed by atoms with Gasteiger partial charge in [-0.3, -0.25) is 0 Å². The van der Waals surface area contributed by atoms with Crippen LogP contribution in [0.3, 0.4) is 0 Å². The summed E-state index contributed by atoms with van der Waals surface area (Å²) < 4.78 is 0. The Morgan fingerprint density at radius 3 is 2.07 bits per heavy atom. The Hall–Kier alpha value is 0. The van der Waals surface area contributed by atoms with Crippen molar-refractivity contribution < 1.29 is 0 Å². The summed E-state index contributed by atoms with van der Waals surface area (Å²) in [6.07, 6.45) is 5.93. The zero-order valence-electron chi connectivity index (χ0n) is 10.7. The van der Waals surface area contributed by atoms with Crippen molar-refractivity contribution in [3.05, 3.63) is 0 Å². The van der Waals surface area contributed by atoms with E-state index in [9.17, 15) is 0 Å². The van der Waals surface area contributed by atoms with Crippen molar-refractivity contribution in [1.82, 2.24) is 0 Å². The Bertz CT molecular complexity index is 159. The molecule has 84 valence electrons. The molecule has 14 heavy (non-hydrogen) atoms. The molecule has 0 saturated heterocycles. The molecule has 0 heteroatoms. The summed E-state index contributed by atoms with van der Waals surface area (Å²) in [5.41, 5.74) is 0. The van der Waals surface area contributed by atoms with Gasteiger partial charge < -0.3 is 0 Å². The van der Waals surface area contributed by atoms with E-state index in [1.54, 1.807) is 0 Å². The lowest BCUT2D eigenvalue weighted by atomic mass is 9.71. The molecule has 0 radical (unpaired) electrons. The predicted molar refractivity (Wildman–Crippen MR) is 64.3 cm³/mol. The van der Waals surface area contributed by atoms with Crippen LogP contribution in [0.4, 0.5) is 0 Å². The van der Waals surface area contributed by atoms with Crippen molar-refractivity contribution in [3.63, 3.8) is 0 Å². The maximum absolute atomic E-state index is 2.44. The van der Waals surface area contributed by atoms with E-state index in [-0.39, 0.29) is 0 Å². The van der Waals surface area contributed by atoms with E-state index in [0.717, 1.165) is 29.6 Å². The van der Waals surface area contributed by atoms with E-state index in [2.05, 4.69) is 34.6 Å². The third-order valence-corrected chi connectivity index (χ3v) is 4.74. The Morgan fingerprint density at radius 1 is 1.07 bits per heavy atom. The van der Waals surface area contributed by atoms with Gasteiger partial charge in [0.2, 0.25) is 0 Å². The third kappa shape index (κ3) is 3.00. The molecule has 0 N–H and O–H groups in total. The first-order valence-electron chi connectivity index (χ1n) is 6.52. The molecule has 1 fully saturated rings. The van der Waals surface area contributed by atoms with E-state index in [1.807, 2.05) is 0 Å². The summed E-state index contributed by atoms with van der Waals surface area (Å²) in [6.45, 7) is 12.0. The SMILES string of the molecule is CC(C)C(C)C(C)CCC1CCC1C. The lowest BCUT2D eigenvalue weighted by molar-refractivity contribution is 0.159. The topological polar surface area (TPSA) is 0 Å². The van der Waals surface area contributed by atoms with Crippen molar-refractivity contribution in [2.75, 3.05) is 0 Å². The van der Waals surface area contributed by atoms with Crippen molar-refractivity contribution in [1.29, 1.82) is 0 Å². The Balaban J connectivity index is 2.17. The molecule has 0 spiro atoms. The molecule has 0 nitrogen and oxygen atoms in total. The third-order valence-electron chi connectivity index (χ3n) is 4.74. The van der Waals surface area contributed by atoms with Gasteiger partial charge in [0.05, 0.1) is 0 Å². The van der Waals surface area contributed by atoms with Crippen LogP contribution in [0.1, 0.15) is 60.3 Å². The minimum absolute atomic E-state index is 0.851. The second-order valence-corrected chi connectivity index (χ2v) is 5.97. The molecule has 0 bridgehead atoms. The van der Waals surface area contributed by atoms with Gasteiger partial charge in [-0.05, 0) is 42.4 Å². The summed E-state index contributed by atoms with van der Waals surface area (Å²) in [5.74, 6) is 4.75. The quantitative estimate of drug-likeness (QED) is 0.595. The molecule has 4 unspecified atom stereocenters. The molecule has 0 amide bonds. The molecule has 0 heterocycles. The zero-order chi connectivity index (χ0) is 10.7. The summed E-state index contributed by atoms with van der Waals surface area (Å²) in [6, 6.07) is 0. The molecule has 0 aliphatic heterocycles. The second kappa shape index (κ2) is 5.19. The van der Waals surface area contributed by atoms with Crippen LogP contribution in [0, 0.1) is 29.6 Å². The van der Waals surface area contributed by atoms with Crippen LogP contribution in [0.25, 0.3) is 0 Å². The smallest absolute Gasteiger partial charge is 0.0388 e. The highest BCUT2D eigenvalue weighted by molar-refractivity contribution is 4.78. The first-order valence-corrected chi connectivity index (χ1v) is 6.52. The average Bonchev–Trinajstić information content (AvgIpc) is 2.14. The van der Waals surface area contributed by atoms with Gasteiger partial charge in [-0.25, -0.2) is 0 Å². The molecule has 1 aliphatic rings. The number of rotatable bonds is 5. The van der Waals surface area contributed by atoms with E-state index in [1.165, 1.54) is 25.7 Å². The molecule has 4 atom stereocenters. The number of hydrogen-bond acceptors (Lipinski definition) is 0. The molecule has 0 aromatic heterocycles. The van der Waals surface area contributed by atoms with Crippen LogP contribution in [-0.4, -0.2) is 0 Å². The molecule has 0 aromatic rings. The Morgan fingerprint density at radius 2 is 1.71 bits per heavy atom. The van der Waals surface area contributed by atoms with Crippen LogP contribution in [-0.2, 0) is 0 Å². The summed E-state index contributed by atoms with van der Waals surface area (Å²) in [5, 5.41) is 0. The van der Waals surface area contributed by atoms with Gasteiger partial charge in [0, 0.05) is 0 Å². The first kappa shape index (κ1) is 12.1. The highest BCUT2D eigenvalue weighted by atomic mass is 14.3. The van der Waals surface area contributed by atoms with E-state index in [4.69, 9.17) is 0 Å². The fourth-order valence-corrected chi connectivity index (χ4v) is 2.56. The first-order chi connectivity index (χ1) is 6.52. The molecule has 1 aliphatic carbocycles. The average molecular weight is 196 g/mol. The van der Waals surface area contributed by atoms with E-state index >= 15 is 0 Å². The predicted octanol–water partition coefficient (Wildman–Crippen LogP) is 4.74. The van der Waals surface area contributed by atoms with Crippen LogP contribution in [0.15, 0.2) is 0 Å². The van der Waals surface area contributed by atoms with Crippen LogP contribution in [0.2, 0.25) is 0 Å². The summed E-state index contributed by atoms with van der Waals surface area (Å²) >= 11 is 0. The Labute approximate surface area is 90.5 Å². The van der Waals surface area contributed by atoms with Crippen LogP contribution in [0.5, 0.6) is 0 Å².